The quantitative estimate of drug-likeness (QED) is 0.648. The minimum Gasteiger partial charge on any atom is -0.481 e. The molecule has 2 fully saturated rings. The van der Waals surface area contributed by atoms with Gasteiger partial charge in [-0.1, -0.05) is 0 Å². The summed E-state index contributed by atoms with van der Waals surface area (Å²) >= 11 is 0. The number of carbonyl (C=O) groups excluding carboxylic acids is 3. The summed E-state index contributed by atoms with van der Waals surface area (Å²) in [6.45, 7) is -0.188. The van der Waals surface area contributed by atoms with Crippen molar-refractivity contribution in [2.24, 2.45) is 11.8 Å². The largest absolute Gasteiger partial charge is 0.481 e. The molecule has 19 heavy (non-hydrogen) atoms. The second-order valence-electron chi connectivity index (χ2n) is 5.05. The molecule has 7 heteroatoms. The van der Waals surface area contributed by atoms with Crippen molar-refractivity contribution < 1.29 is 24.3 Å². The zero-order valence-corrected chi connectivity index (χ0v) is 10.4. The Bertz CT molecular complexity index is 410. The van der Waals surface area contributed by atoms with Crippen LogP contribution in [0.4, 0.5) is 0 Å². The second kappa shape index (κ2) is 5.38. The number of nitrogens with zero attached hydrogens (tertiary/aromatic N) is 1. The molecule has 2 rings (SSSR count). The van der Waals surface area contributed by atoms with Crippen LogP contribution in [0.1, 0.15) is 25.7 Å². The molecule has 2 aliphatic rings. The Kier molecular flexibility index (Phi) is 3.82. The van der Waals surface area contributed by atoms with Gasteiger partial charge < -0.3 is 10.0 Å². The predicted octanol–water partition coefficient (Wildman–Crippen LogP) is -0.638. The monoisotopic (exact) mass is 268 g/mol. The molecule has 0 aromatic rings. The van der Waals surface area contributed by atoms with Gasteiger partial charge in [-0.2, -0.15) is 0 Å². The van der Waals surface area contributed by atoms with E-state index in [9.17, 15) is 19.2 Å². The molecule has 0 spiro atoms. The van der Waals surface area contributed by atoms with Crippen LogP contribution in [0.15, 0.2) is 0 Å². The molecule has 0 unspecified atom stereocenters. The van der Waals surface area contributed by atoms with E-state index in [1.54, 1.807) is 0 Å². The number of hydrogen-bond donors (Lipinski definition) is 2. The van der Waals surface area contributed by atoms with E-state index in [0.29, 0.717) is 25.7 Å². The number of carboxylic acids is 1. The minimum atomic E-state index is -0.821. The van der Waals surface area contributed by atoms with Crippen LogP contribution in [-0.4, -0.2) is 46.8 Å². The summed E-state index contributed by atoms with van der Waals surface area (Å²) < 4.78 is 0. The molecule has 0 aromatic carbocycles. The topological polar surface area (TPSA) is 104 Å². The third kappa shape index (κ3) is 3.10. The van der Waals surface area contributed by atoms with Crippen LogP contribution >= 0.6 is 0 Å². The lowest BCUT2D eigenvalue weighted by Crippen LogP contribution is -2.54. The Hall–Kier alpha value is -1.92. The van der Waals surface area contributed by atoms with Crippen LogP contribution in [-0.2, 0) is 19.2 Å². The van der Waals surface area contributed by atoms with E-state index in [2.05, 4.69) is 5.32 Å². The lowest BCUT2D eigenvalue weighted by Gasteiger charge is -2.32. The molecule has 2 N–H and O–H groups in total. The van der Waals surface area contributed by atoms with Gasteiger partial charge in [0.2, 0.25) is 17.7 Å². The van der Waals surface area contributed by atoms with Crippen LogP contribution in [0.5, 0.6) is 0 Å². The van der Waals surface area contributed by atoms with Gasteiger partial charge in [0, 0.05) is 5.92 Å². The lowest BCUT2D eigenvalue weighted by atomic mass is 9.81. The summed E-state index contributed by atoms with van der Waals surface area (Å²) in [5.74, 6) is -2.62. The van der Waals surface area contributed by atoms with E-state index < -0.39 is 17.8 Å². The maximum Gasteiger partial charge on any atom is 0.306 e. The van der Waals surface area contributed by atoms with Gasteiger partial charge in [0.05, 0.1) is 5.92 Å². The van der Waals surface area contributed by atoms with Gasteiger partial charge in [-0.25, -0.2) is 0 Å². The van der Waals surface area contributed by atoms with Gasteiger partial charge in [-0.05, 0) is 25.7 Å². The third-order valence-electron chi connectivity index (χ3n) is 3.69. The highest BCUT2D eigenvalue weighted by Crippen LogP contribution is 2.30. The van der Waals surface area contributed by atoms with Gasteiger partial charge in [0.1, 0.15) is 13.1 Å². The van der Waals surface area contributed by atoms with E-state index in [4.69, 9.17) is 5.11 Å². The average Bonchev–Trinajstić information content (AvgIpc) is 2.37. The Balaban J connectivity index is 1.92. The normalized spacial score (nSPS) is 27.9. The number of hydrogen-bond acceptors (Lipinski definition) is 4. The molecule has 1 aliphatic heterocycles. The summed E-state index contributed by atoms with van der Waals surface area (Å²) in [4.78, 5) is 46.7. The minimum absolute atomic E-state index is 0.0938. The maximum absolute atomic E-state index is 12.2. The van der Waals surface area contributed by atoms with Crippen LogP contribution in [0.3, 0.4) is 0 Å². The summed E-state index contributed by atoms with van der Waals surface area (Å²) in [7, 11) is 0. The van der Waals surface area contributed by atoms with Crippen LogP contribution in [0, 0.1) is 11.8 Å². The Morgan fingerprint density at radius 3 is 1.95 bits per heavy atom. The zero-order chi connectivity index (χ0) is 14.0. The first-order valence-corrected chi connectivity index (χ1v) is 6.31. The van der Waals surface area contributed by atoms with Crippen LogP contribution < -0.4 is 5.32 Å². The fourth-order valence-corrected chi connectivity index (χ4v) is 2.64. The zero-order valence-electron chi connectivity index (χ0n) is 10.4. The molecule has 0 radical (unpaired) electrons. The molecular weight excluding hydrogens is 252 g/mol. The van der Waals surface area contributed by atoms with Crippen molar-refractivity contribution in [3.63, 3.8) is 0 Å². The highest BCUT2D eigenvalue weighted by Gasteiger charge is 2.34. The number of piperazine rings is 1. The van der Waals surface area contributed by atoms with Gasteiger partial charge in [0.15, 0.2) is 0 Å². The first-order chi connectivity index (χ1) is 8.97. The van der Waals surface area contributed by atoms with E-state index in [1.165, 1.54) is 4.90 Å². The SMILES string of the molecule is O=C1CN(C(=O)C2CCC(C(=O)O)CC2)CC(=O)N1. The van der Waals surface area contributed by atoms with Crippen molar-refractivity contribution >= 4 is 23.7 Å². The molecule has 1 aliphatic carbocycles. The number of aliphatic carboxylic acids is 1. The Morgan fingerprint density at radius 2 is 1.47 bits per heavy atom. The first kappa shape index (κ1) is 13.5. The standard InChI is InChI=1S/C12H16N2O5/c15-9-5-14(6-10(16)13-9)11(17)7-1-3-8(4-2-7)12(18)19/h7-8H,1-6H2,(H,18,19)(H,13,15,16). The molecule has 7 nitrogen and oxygen atoms in total. The average molecular weight is 268 g/mol. The maximum atomic E-state index is 12.2. The summed E-state index contributed by atoms with van der Waals surface area (Å²) in [5.41, 5.74) is 0. The molecule has 0 atom stereocenters. The molecule has 0 aromatic heterocycles. The Labute approximate surface area is 109 Å². The predicted molar refractivity (Wildman–Crippen MR) is 62.8 cm³/mol. The Morgan fingerprint density at radius 1 is 1.00 bits per heavy atom. The molecule has 0 bridgehead atoms. The number of nitrogens with one attached hydrogen (secondary N) is 1. The summed E-state index contributed by atoms with van der Waals surface area (Å²) in [5, 5.41) is 11.0. The van der Waals surface area contributed by atoms with Gasteiger partial charge in [-0.3, -0.25) is 24.5 Å². The van der Waals surface area contributed by atoms with E-state index in [-0.39, 0.29) is 30.8 Å². The van der Waals surface area contributed by atoms with Gasteiger partial charge >= 0.3 is 5.97 Å². The van der Waals surface area contributed by atoms with Crippen molar-refractivity contribution in [3.8, 4) is 0 Å². The van der Waals surface area contributed by atoms with Crippen molar-refractivity contribution in [2.75, 3.05) is 13.1 Å². The number of amides is 3. The highest BCUT2D eigenvalue weighted by molar-refractivity contribution is 6.02. The molecular formula is C12H16N2O5. The molecule has 1 saturated carbocycles. The van der Waals surface area contributed by atoms with E-state index in [0.717, 1.165) is 0 Å². The second-order valence-corrected chi connectivity index (χ2v) is 5.05. The van der Waals surface area contributed by atoms with E-state index >= 15 is 0 Å². The highest BCUT2D eigenvalue weighted by atomic mass is 16.4. The van der Waals surface area contributed by atoms with Crippen LogP contribution in [0.2, 0.25) is 0 Å². The van der Waals surface area contributed by atoms with Crippen molar-refractivity contribution in [2.45, 2.75) is 25.7 Å². The van der Waals surface area contributed by atoms with Crippen molar-refractivity contribution in [1.82, 2.24) is 10.2 Å². The summed E-state index contributed by atoms with van der Waals surface area (Å²) in [6, 6.07) is 0. The van der Waals surface area contributed by atoms with E-state index in [1.807, 2.05) is 0 Å². The summed E-state index contributed by atoms with van der Waals surface area (Å²) in [6.07, 6.45) is 1.95. The van der Waals surface area contributed by atoms with Gasteiger partial charge in [0.25, 0.3) is 0 Å². The fraction of sp³-hybridized carbons (Fsp3) is 0.667. The first-order valence-electron chi connectivity index (χ1n) is 6.31. The fourth-order valence-electron chi connectivity index (χ4n) is 2.64. The van der Waals surface area contributed by atoms with Crippen LogP contribution in [0.25, 0.3) is 0 Å². The lowest BCUT2D eigenvalue weighted by molar-refractivity contribution is -0.149. The number of rotatable bonds is 2. The number of imide groups is 1. The van der Waals surface area contributed by atoms with Crippen molar-refractivity contribution in [3.05, 3.63) is 0 Å². The van der Waals surface area contributed by atoms with Crippen molar-refractivity contribution in [1.29, 1.82) is 0 Å². The molecule has 3 amide bonds. The number of carbonyl (C=O) groups is 4. The third-order valence-corrected chi connectivity index (χ3v) is 3.69. The smallest absolute Gasteiger partial charge is 0.306 e. The number of carboxylic acid groups (broad SMARTS) is 1. The van der Waals surface area contributed by atoms with Gasteiger partial charge in [-0.15, -0.1) is 0 Å². The molecule has 1 heterocycles. The molecule has 104 valence electrons. The molecule has 1 saturated heterocycles.